The normalized spacial score (nSPS) is 26.7. The van der Waals surface area contributed by atoms with Crippen LogP contribution in [0.2, 0.25) is 0 Å². The molecule has 7 heteroatoms. The monoisotopic (exact) mass is 337 g/mol. The maximum absolute atomic E-state index is 12.9. The van der Waals surface area contributed by atoms with Crippen LogP contribution in [0.25, 0.3) is 0 Å². The number of carbonyl (C=O) groups excluding carboxylic acids is 1. The van der Waals surface area contributed by atoms with Gasteiger partial charge < -0.3 is 4.90 Å². The molecule has 1 aromatic rings. The molecule has 0 aliphatic carbocycles. The van der Waals surface area contributed by atoms with E-state index in [0.717, 1.165) is 31.4 Å². The molecule has 126 valence electrons. The van der Waals surface area contributed by atoms with E-state index in [1.165, 1.54) is 10.6 Å². The highest BCUT2D eigenvalue weighted by molar-refractivity contribution is 7.88. The first-order valence-corrected chi connectivity index (χ1v) is 9.89. The zero-order chi connectivity index (χ0) is 16.5. The van der Waals surface area contributed by atoms with Crippen molar-refractivity contribution in [2.45, 2.75) is 32.2 Å². The molecular weight excluding hydrogens is 314 g/mol. The van der Waals surface area contributed by atoms with Gasteiger partial charge in [-0.15, -0.1) is 0 Å². The van der Waals surface area contributed by atoms with Crippen LogP contribution in [0.3, 0.4) is 0 Å². The van der Waals surface area contributed by atoms with E-state index >= 15 is 0 Å². The molecule has 0 aromatic carbocycles. The number of nitrogens with zero attached hydrogens (tertiary/aromatic N) is 3. The number of pyridine rings is 1. The predicted octanol–water partition coefficient (Wildman–Crippen LogP) is 1.25. The third-order valence-corrected chi connectivity index (χ3v) is 6.40. The van der Waals surface area contributed by atoms with Gasteiger partial charge in [0.2, 0.25) is 15.9 Å². The van der Waals surface area contributed by atoms with E-state index in [1.807, 2.05) is 17.0 Å². The second kappa shape index (κ2) is 6.20. The average molecular weight is 337 g/mol. The zero-order valence-electron chi connectivity index (χ0n) is 13.4. The van der Waals surface area contributed by atoms with E-state index in [2.05, 4.69) is 4.98 Å². The third-order valence-electron chi connectivity index (χ3n) is 5.10. The van der Waals surface area contributed by atoms with E-state index in [4.69, 9.17) is 0 Å². The van der Waals surface area contributed by atoms with Gasteiger partial charge >= 0.3 is 0 Å². The Hall–Kier alpha value is -1.47. The molecule has 1 spiro atoms. The molecule has 0 radical (unpaired) electrons. The molecule has 0 unspecified atom stereocenters. The van der Waals surface area contributed by atoms with Gasteiger partial charge in [-0.25, -0.2) is 12.7 Å². The summed E-state index contributed by atoms with van der Waals surface area (Å²) in [6.07, 6.45) is 7.71. The third kappa shape index (κ3) is 3.40. The van der Waals surface area contributed by atoms with Crippen molar-refractivity contribution in [1.82, 2.24) is 14.2 Å². The summed E-state index contributed by atoms with van der Waals surface area (Å²) in [5.74, 6) is 0.185. The van der Waals surface area contributed by atoms with Gasteiger partial charge in [0.05, 0.1) is 11.7 Å². The van der Waals surface area contributed by atoms with Crippen molar-refractivity contribution in [3.8, 4) is 0 Å². The second-order valence-corrected chi connectivity index (χ2v) is 8.61. The van der Waals surface area contributed by atoms with E-state index in [9.17, 15) is 13.2 Å². The lowest BCUT2D eigenvalue weighted by molar-refractivity contribution is -0.137. The van der Waals surface area contributed by atoms with Gasteiger partial charge in [-0.1, -0.05) is 0 Å². The minimum atomic E-state index is -3.17. The fourth-order valence-electron chi connectivity index (χ4n) is 3.72. The molecule has 2 fully saturated rings. The number of likely N-dealkylation sites (tertiary alicyclic amines) is 1. The standard InChI is InChI=1S/C16H23N3O3S/c1-23(21,22)19-10-2-5-16(7-12-19)6-11-18(15(16)20)13-14-3-8-17-9-4-14/h3-4,8-9H,2,5-7,10-13H2,1H3/t16-/m1/s1. The Labute approximate surface area is 137 Å². The SMILES string of the molecule is CS(=O)(=O)N1CCC[C@@]2(CCN(Cc3ccncc3)C2=O)CC1. The molecule has 0 bridgehead atoms. The minimum Gasteiger partial charge on any atom is -0.338 e. The first-order valence-electron chi connectivity index (χ1n) is 8.04. The Bertz CT molecular complexity index is 677. The van der Waals surface area contributed by atoms with E-state index in [-0.39, 0.29) is 11.3 Å². The maximum Gasteiger partial charge on any atom is 0.229 e. The quantitative estimate of drug-likeness (QED) is 0.832. The lowest BCUT2D eigenvalue weighted by Gasteiger charge is -2.26. The number of sulfonamides is 1. The zero-order valence-corrected chi connectivity index (χ0v) is 14.3. The van der Waals surface area contributed by atoms with Crippen LogP contribution in [0.5, 0.6) is 0 Å². The highest BCUT2D eigenvalue weighted by Gasteiger charge is 2.47. The largest absolute Gasteiger partial charge is 0.338 e. The fourth-order valence-corrected chi connectivity index (χ4v) is 4.60. The number of aromatic nitrogens is 1. The van der Waals surface area contributed by atoms with Crippen molar-refractivity contribution in [3.63, 3.8) is 0 Å². The first-order chi connectivity index (χ1) is 10.9. The molecule has 23 heavy (non-hydrogen) atoms. The molecule has 0 N–H and O–H groups in total. The van der Waals surface area contributed by atoms with Crippen molar-refractivity contribution in [3.05, 3.63) is 30.1 Å². The number of hydrogen-bond donors (Lipinski definition) is 0. The van der Waals surface area contributed by atoms with Crippen LogP contribution in [-0.2, 0) is 21.4 Å². The van der Waals surface area contributed by atoms with Gasteiger partial charge in [-0.3, -0.25) is 9.78 Å². The van der Waals surface area contributed by atoms with Gasteiger partial charge in [0.25, 0.3) is 0 Å². The summed E-state index contributed by atoms with van der Waals surface area (Å²) in [5, 5.41) is 0. The van der Waals surface area contributed by atoms with E-state index in [0.29, 0.717) is 26.1 Å². The van der Waals surface area contributed by atoms with Gasteiger partial charge in [-0.2, -0.15) is 0 Å². The molecule has 6 nitrogen and oxygen atoms in total. The molecule has 3 rings (SSSR count). The van der Waals surface area contributed by atoms with Crippen LogP contribution in [0, 0.1) is 5.41 Å². The molecule has 2 aliphatic rings. The lowest BCUT2D eigenvalue weighted by atomic mass is 9.79. The lowest BCUT2D eigenvalue weighted by Crippen LogP contribution is -2.36. The van der Waals surface area contributed by atoms with E-state index in [1.54, 1.807) is 12.4 Å². The van der Waals surface area contributed by atoms with Crippen LogP contribution < -0.4 is 0 Å². The second-order valence-electron chi connectivity index (χ2n) is 6.63. The molecule has 2 aliphatic heterocycles. The minimum absolute atomic E-state index is 0.185. The summed E-state index contributed by atoms with van der Waals surface area (Å²) in [6, 6.07) is 3.85. The van der Waals surface area contributed by atoms with Gasteiger partial charge in [0.15, 0.2) is 0 Å². The van der Waals surface area contributed by atoms with Crippen molar-refractivity contribution >= 4 is 15.9 Å². The van der Waals surface area contributed by atoms with Crippen LogP contribution in [0.15, 0.2) is 24.5 Å². The fraction of sp³-hybridized carbons (Fsp3) is 0.625. The predicted molar refractivity (Wildman–Crippen MR) is 87.0 cm³/mol. The first kappa shape index (κ1) is 16.4. The van der Waals surface area contributed by atoms with Crippen molar-refractivity contribution < 1.29 is 13.2 Å². The molecule has 3 heterocycles. The van der Waals surface area contributed by atoms with Crippen molar-refractivity contribution in [1.29, 1.82) is 0 Å². The molecule has 2 saturated heterocycles. The number of hydrogen-bond acceptors (Lipinski definition) is 4. The summed E-state index contributed by atoms with van der Waals surface area (Å²) < 4.78 is 25.0. The molecule has 1 amide bonds. The molecule has 1 atom stereocenters. The Balaban J connectivity index is 1.70. The highest BCUT2D eigenvalue weighted by Crippen LogP contribution is 2.42. The van der Waals surface area contributed by atoms with Gasteiger partial charge in [-0.05, 0) is 43.4 Å². The van der Waals surface area contributed by atoms with Crippen molar-refractivity contribution in [2.75, 3.05) is 25.9 Å². The Kier molecular flexibility index (Phi) is 4.42. The smallest absolute Gasteiger partial charge is 0.229 e. The van der Waals surface area contributed by atoms with E-state index < -0.39 is 10.0 Å². The molecule has 1 aromatic heterocycles. The maximum atomic E-state index is 12.9. The van der Waals surface area contributed by atoms with Crippen LogP contribution in [-0.4, -0.2) is 54.4 Å². The average Bonchev–Trinajstić information content (AvgIpc) is 2.70. The summed E-state index contributed by atoms with van der Waals surface area (Å²) >= 11 is 0. The van der Waals surface area contributed by atoms with Gasteiger partial charge in [0.1, 0.15) is 0 Å². The highest BCUT2D eigenvalue weighted by atomic mass is 32.2. The summed E-state index contributed by atoms with van der Waals surface area (Å²) in [4.78, 5) is 18.8. The molecular formula is C16H23N3O3S. The summed E-state index contributed by atoms with van der Waals surface area (Å²) in [7, 11) is -3.17. The van der Waals surface area contributed by atoms with Crippen LogP contribution in [0.4, 0.5) is 0 Å². The number of rotatable bonds is 3. The Morgan fingerprint density at radius 2 is 1.83 bits per heavy atom. The van der Waals surface area contributed by atoms with Crippen LogP contribution in [0.1, 0.15) is 31.2 Å². The topological polar surface area (TPSA) is 70.6 Å². The summed E-state index contributed by atoms with van der Waals surface area (Å²) in [6.45, 7) is 2.34. The Morgan fingerprint density at radius 1 is 1.13 bits per heavy atom. The van der Waals surface area contributed by atoms with Crippen molar-refractivity contribution in [2.24, 2.45) is 5.41 Å². The number of amides is 1. The Morgan fingerprint density at radius 3 is 2.52 bits per heavy atom. The summed E-state index contributed by atoms with van der Waals surface area (Å²) in [5.41, 5.74) is 0.712. The van der Waals surface area contributed by atoms with Gasteiger partial charge in [0, 0.05) is 38.6 Å². The molecule has 0 saturated carbocycles. The number of carbonyl (C=O) groups is 1. The van der Waals surface area contributed by atoms with Crippen LogP contribution >= 0.6 is 0 Å².